The fraction of sp³-hybridized carbons (Fsp3) is 0.308. The number of aryl methyl sites for hydroxylation is 2. The topological polar surface area (TPSA) is 121 Å². The number of benzene rings is 1. The van der Waals surface area contributed by atoms with Crippen molar-refractivity contribution in [3.8, 4) is 0 Å². The molecule has 0 amide bonds. The largest absolute Gasteiger partial charge is 0.479 e. The fourth-order valence-corrected chi connectivity index (χ4v) is 1.12. The van der Waals surface area contributed by atoms with E-state index in [-0.39, 0.29) is 6.47 Å². The van der Waals surface area contributed by atoms with Crippen molar-refractivity contribution in [1.82, 2.24) is 0 Å². The zero-order valence-electron chi connectivity index (χ0n) is 11.0. The molecule has 2 atom stereocenters. The summed E-state index contributed by atoms with van der Waals surface area (Å²) in [5, 5.41) is 25.0. The van der Waals surface area contributed by atoms with E-state index in [1.165, 1.54) is 11.1 Å². The van der Waals surface area contributed by atoms with Crippen molar-refractivity contribution in [3.05, 3.63) is 35.4 Å². The van der Waals surface area contributed by atoms with E-state index in [0.717, 1.165) is 0 Å². The van der Waals surface area contributed by atoms with E-state index in [0.29, 0.717) is 0 Å². The molecule has 0 aliphatic heterocycles. The second-order valence-electron chi connectivity index (χ2n) is 3.86. The van der Waals surface area contributed by atoms with Crippen molar-refractivity contribution in [2.75, 3.05) is 0 Å². The van der Waals surface area contributed by atoms with E-state index in [9.17, 15) is 14.4 Å². The average molecular weight is 284 g/mol. The third-order valence-electron chi connectivity index (χ3n) is 2.41. The molecule has 7 heteroatoms. The summed E-state index contributed by atoms with van der Waals surface area (Å²) in [5.41, 5.74) is 2.74. The van der Waals surface area contributed by atoms with Gasteiger partial charge in [0.15, 0.2) is 6.10 Å². The van der Waals surface area contributed by atoms with Gasteiger partial charge in [0.2, 0.25) is 6.10 Å². The van der Waals surface area contributed by atoms with Crippen molar-refractivity contribution in [2.45, 2.75) is 26.1 Å². The number of rotatable bonds is 5. The smallest absolute Gasteiger partial charge is 0.348 e. The SMILES string of the molecule is Cc1ccccc1C.O=COC(C(=O)O)C(O)C(=O)O. The Bertz CT molecular complexity index is 449. The van der Waals surface area contributed by atoms with Crippen LogP contribution in [0.15, 0.2) is 24.3 Å². The summed E-state index contributed by atoms with van der Waals surface area (Å²) in [6.07, 6.45) is -4.33. The van der Waals surface area contributed by atoms with Crippen LogP contribution in [-0.4, -0.2) is 45.9 Å². The van der Waals surface area contributed by atoms with Crippen LogP contribution in [0.2, 0.25) is 0 Å². The number of aliphatic carboxylic acids is 2. The molecule has 0 aliphatic rings. The Hall–Kier alpha value is -2.41. The van der Waals surface area contributed by atoms with Crippen LogP contribution in [0.1, 0.15) is 11.1 Å². The van der Waals surface area contributed by atoms with Crippen LogP contribution in [0.3, 0.4) is 0 Å². The maximum atomic E-state index is 10.1. The number of hydrogen-bond acceptors (Lipinski definition) is 5. The molecule has 0 saturated heterocycles. The van der Waals surface area contributed by atoms with Gasteiger partial charge < -0.3 is 20.1 Å². The molecule has 0 bridgehead atoms. The lowest BCUT2D eigenvalue weighted by atomic mass is 10.1. The minimum Gasteiger partial charge on any atom is -0.479 e. The van der Waals surface area contributed by atoms with E-state index in [1.807, 2.05) is 0 Å². The van der Waals surface area contributed by atoms with Crippen molar-refractivity contribution in [3.63, 3.8) is 0 Å². The molecular weight excluding hydrogens is 268 g/mol. The molecule has 0 aliphatic carbocycles. The first kappa shape index (κ1) is 17.6. The molecule has 110 valence electrons. The molecule has 2 unspecified atom stereocenters. The molecule has 0 heterocycles. The summed E-state index contributed by atoms with van der Waals surface area (Å²) in [6.45, 7) is 4.00. The highest BCUT2D eigenvalue weighted by Gasteiger charge is 2.33. The summed E-state index contributed by atoms with van der Waals surface area (Å²) in [5.74, 6) is -3.50. The average Bonchev–Trinajstić information content (AvgIpc) is 2.39. The van der Waals surface area contributed by atoms with Crippen LogP contribution in [-0.2, 0) is 19.1 Å². The second-order valence-corrected chi connectivity index (χ2v) is 3.86. The van der Waals surface area contributed by atoms with Crippen molar-refractivity contribution >= 4 is 18.4 Å². The maximum absolute atomic E-state index is 10.1. The first-order chi connectivity index (χ1) is 9.31. The molecule has 0 aromatic heterocycles. The van der Waals surface area contributed by atoms with Gasteiger partial charge in [0.1, 0.15) is 0 Å². The molecule has 20 heavy (non-hydrogen) atoms. The molecule has 0 spiro atoms. The highest BCUT2D eigenvalue weighted by molar-refractivity contribution is 5.84. The van der Waals surface area contributed by atoms with Crippen LogP contribution in [0.5, 0.6) is 0 Å². The lowest BCUT2D eigenvalue weighted by Crippen LogP contribution is -2.41. The van der Waals surface area contributed by atoms with E-state index >= 15 is 0 Å². The van der Waals surface area contributed by atoms with E-state index in [4.69, 9.17) is 15.3 Å². The number of carbonyl (C=O) groups excluding carboxylic acids is 1. The van der Waals surface area contributed by atoms with Crippen molar-refractivity contribution in [1.29, 1.82) is 0 Å². The van der Waals surface area contributed by atoms with Gasteiger partial charge in [0, 0.05) is 0 Å². The third-order valence-corrected chi connectivity index (χ3v) is 2.41. The first-order valence-corrected chi connectivity index (χ1v) is 5.56. The van der Waals surface area contributed by atoms with Crippen LogP contribution in [0.25, 0.3) is 0 Å². The van der Waals surface area contributed by atoms with Gasteiger partial charge in [-0.1, -0.05) is 24.3 Å². The monoisotopic (exact) mass is 284 g/mol. The first-order valence-electron chi connectivity index (χ1n) is 5.56. The molecule has 0 saturated carbocycles. The molecule has 3 N–H and O–H groups in total. The van der Waals surface area contributed by atoms with Gasteiger partial charge in [-0.2, -0.15) is 0 Å². The van der Waals surface area contributed by atoms with Crippen LogP contribution in [0, 0.1) is 13.8 Å². The Morgan fingerprint density at radius 1 is 1.10 bits per heavy atom. The summed E-state index contributed by atoms with van der Waals surface area (Å²) in [4.78, 5) is 29.8. The Labute approximate surface area is 115 Å². The molecule has 1 aromatic rings. The van der Waals surface area contributed by atoms with Gasteiger partial charge in [0.25, 0.3) is 6.47 Å². The Morgan fingerprint density at radius 2 is 1.55 bits per heavy atom. The Balaban J connectivity index is 0.000000388. The lowest BCUT2D eigenvalue weighted by Gasteiger charge is -2.12. The van der Waals surface area contributed by atoms with E-state index in [1.54, 1.807) is 0 Å². The summed E-state index contributed by atoms with van der Waals surface area (Å²) in [6, 6.07) is 8.36. The fourth-order valence-electron chi connectivity index (χ4n) is 1.12. The van der Waals surface area contributed by atoms with Crippen LogP contribution >= 0.6 is 0 Å². The predicted molar refractivity (Wildman–Crippen MR) is 68.1 cm³/mol. The summed E-state index contributed by atoms with van der Waals surface area (Å²) < 4.78 is 3.82. The molecule has 7 nitrogen and oxygen atoms in total. The quantitative estimate of drug-likeness (QED) is 0.667. The molecular formula is C13H16O7. The van der Waals surface area contributed by atoms with Crippen LogP contribution < -0.4 is 0 Å². The van der Waals surface area contributed by atoms with Crippen LogP contribution in [0.4, 0.5) is 0 Å². The van der Waals surface area contributed by atoms with Crippen molar-refractivity contribution < 1.29 is 34.4 Å². The summed E-state index contributed by atoms with van der Waals surface area (Å²) in [7, 11) is 0. The molecule has 0 radical (unpaired) electrons. The van der Waals surface area contributed by atoms with E-state index in [2.05, 4.69) is 42.8 Å². The zero-order chi connectivity index (χ0) is 15.7. The Morgan fingerprint density at radius 3 is 1.80 bits per heavy atom. The summed E-state index contributed by atoms with van der Waals surface area (Å²) >= 11 is 0. The number of carbonyl (C=O) groups is 3. The van der Waals surface area contributed by atoms with Gasteiger partial charge >= 0.3 is 11.9 Å². The molecule has 1 rings (SSSR count). The minimum atomic E-state index is -2.26. The maximum Gasteiger partial charge on any atom is 0.348 e. The predicted octanol–water partition coefficient (Wildman–Crippen LogP) is 0.362. The molecule has 0 fully saturated rings. The van der Waals surface area contributed by atoms with Gasteiger partial charge in [0.05, 0.1) is 0 Å². The minimum absolute atomic E-state index is 0.245. The second kappa shape index (κ2) is 8.65. The number of aliphatic hydroxyl groups excluding tert-OH is 1. The van der Waals surface area contributed by atoms with Gasteiger partial charge in [-0.05, 0) is 25.0 Å². The van der Waals surface area contributed by atoms with Gasteiger partial charge in [-0.3, -0.25) is 4.79 Å². The third kappa shape index (κ3) is 5.96. The highest BCUT2D eigenvalue weighted by Crippen LogP contribution is 2.02. The standard InChI is InChI=1S/C8H10.C5H6O7/c1-7-5-3-4-6-8(7)2;6-1-12-3(5(10)11)2(7)4(8)9/h3-6H,1-2H3;1-3,7H,(H,8,9)(H,10,11). The highest BCUT2D eigenvalue weighted by atomic mass is 16.6. The van der Waals surface area contributed by atoms with Gasteiger partial charge in [-0.15, -0.1) is 0 Å². The number of aliphatic hydroxyl groups is 1. The number of hydrogen-bond donors (Lipinski definition) is 3. The number of carboxylic acids is 2. The molecule has 1 aromatic carbocycles. The normalized spacial score (nSPS) is 12.3. The van der Waals surface area contributed by atoms with Gasteiger partial charge in [-0.25, -0.2) is 9.59 Å². The van der Waals surface area contributed by atoms with E-state index < -0.39 is 24.1 Å². The zero-order valence-corrected chi connectivity index (χ0v) is 11.0. The number of carboxylic acid groups (broad SMARTS) is 2. The lowest BCUT2D eigenvalue weighted by molar-refractivity contribution is -0.172. The van der Waals surface area contributed by atoms with Crippen molar-refractivity contribution in [2.24, 2.45) is 0 Å². The Kier molecular flexibility index (Phi) is 7.61. The number of ether oxygens (including phenoxy) is 1.